The summed E-state index contributed by atoms with van der Waals surface area (Å²) in [5.74, 6) is 0. The van der Waals surface area contributed by atoms with Crippen molar-refractivity contribution in [3.05, 3.63) is 35.9 Å². The molecule has 0 spiro atoms. The van der Waals surface area contributed by atoms with Gasteiger partial charge in [-0.15, -0.1) is 0 Å². The molecule has 7 heteroatoms. The lowest BCUT2D eigenvalue weighted by Gasteiger charge is -2.53. The Balaban J connectivity index is 2.11. The average Bonchev–Trinajstić information content (AvgIpc) is 2.44. The van der Waals surface area contributed by atoms with E-state index in [0.717, 1.165) is 6.26 Å². The lowest BCUT2D eigenvalue weighted by molar-refractivity contribution is -0.00890. The van der Waals surface area contributed by atoms with Gasteiger partial charge in [0.1, 0.15) is 6.10 Å². The lowest BCUT2D eigenvalue weighted by atomic mass is 9.98. The largest absolute Gasteiger partial charge is 0.374 e. The molecule has 2 saturated heterocycles. The van der Waals surface area contributed by atoms with Crippen molar-refractivity contribution < 1.29 is 21.6 Å². The maximum absolute atomic E-state index is 12.7. The predicted molar refractivity (Wildman–Crippen MR) is 79.4 cm³/mol. The van der Waals surface area contributed by atoms with Crippen molar-refractivity contribution in [3.63, 3.8) is 0 Å². The minimum Gasteiger partial charge on any atom is -0.374 e. The van der Waals surface area contributed by atoms with E-state index in [0.29, 0.717) is 25.0 Å². The van der Waals surface area contributed by atoms with Gasteiger partial charge in [0, 0.05) is 19.3 Å². The summed E-state index contributed by atoms with van der Waals surface area (Å²) in [7, 11) is -7.57. The van der Waals surface area contributed by atoms with Gasteiger partial charge in [-0.2, -0.15) is 0 Å². The zero-order valence-electron chi connectivity index (χ0n) is 11.7. The average molecular weight is 330 g/mol. The highest BCUT2D eigenvalue weighted by atomic mass is 32.3. The minimum atomic E-state index is -3.82. The first-order valence-corrected chi connectivity index (χ1v) is 10.3. The predicted octanol–water partition coefficient (Wildman–Crippen LogP) is 0.946. The number of benzene rings is 1. The van der Waals surface area contributed by atoms with Crippen LogP contribution in [0.25, 0.3) is 0 Å². The summed E-state index contributed by atoms with van der Waals surface area (Å²) >= 11 is 0. The molecule has 0 saturated carbocycles. The zero-order chi connectivity index (χ0) is 15.3. The van der Waals surface area contributed by atoms with Gasteiger partial charge >= 0.3 is 0 Å². The number of rotatable bonds is 3. The van der Waals surface area contributed by atoms with Crippen molar-refractivity contribution in [2.75, 3.05) is 12.9 Å². The van der Waals surface area contributed by atoms with E-state index in [-0.39, 0.29) is 6.42 Å². The molecule has 0 aromatic heterocycles. The van der Waals surface area contributed by atoms with E-state index in [4.69, 9.17) is 4.74 Å². The normalized spacial score (nSPS) is 34.7. The standard InChI is InChI=1S/C14H18O5S2/c1-20(15,16)14(10-11-6-3-2-4-7-11)13-12(21(14,17)18)8-5-9-19-13/h2-4,6-7,12-13H,5,8-10H2,1H3/t12-,13-,14-/m0/s1. The molecule has 116 valence electrons. The fraction of sp³-hybridized carbons (Fsp3) is 0.571. The van der Waals surface area contributed by atoms with Crippen LogP contribution < -0.4 is 0 Å². The van der Waals surface area contributed by atoms with Crippen LogP contribution in [-0.4, -0.2) is 45.1 Å². The van der Waals surface area contributed by atoms with Crippen LogP contribution in [0.4, 0.5) is 0 Å². The molecule has 3 atom stereocenters. The summed E-state index contributed by atoms with van der Waals surface area (Å²) < 4.78 is 53.8. The highest BCUT2D eigenvalue weighted by molar-refractivity contribution is 8.11. The zero-order valence-corrected chi connectivity index (χ0v) is 13.4. The molecule has 0 aliphatic carbocycles. The Morgan fingerprint density at radius 1 is 1.29 bits per heavy atom. The third-order valence-corrected chi connectivity index (χ3v) is 10.4. The summed E-state index contributed by atoms with van der Waals surface area (Å²) in [6.45, 7) is 0.419. The van der Waals surface area contributed by atoms with Crippen LogP contribution in [0, 0.1) is 0 Å². The van der Waals surface area contributed by atoms with Gasteiger partial charge in [0.05, 0.1) is 5.25 Å². The van der Waals surface area contributed by atoms with Crippen LogP contribution in [0.2, 0.25) is 0 Å². The molecule has 0 unspecified atom stereocenters. The Morgan fingerprint density at radius 3 is 2.57 bits per heavy atom. The van der Waals surface area contributed by atoms with Crippen molar-refractivity contribution in [3.8, 4) is 0 Å². The molecule has 3 rings (SSSR count). The summed E-state index contributed by atoms with van der Waals surface area (Å²) in [4.78, 5) is 0. The summed E-state index contributed by atoms with van der Waals surface area (Å²) in [6.07, 6.45) is 1.36. The van der Waals surface area contributed by atoms with E-state index in [1.807, 2.05) is 6.07 Å². The third kappa shape index (κ3) is 1.98. The van der Waals surface area contributed by atoms with Gasteiger partial charge < -0.3 is 4.74 Å². The molecule has 1 aromatic rings. The SMILES string of the molecule is CS(=O)(=O)[C@]1(Cc2ccccc2)[C@H]2OCCC[C@@H]2S1(=O)=O. The summed E-state index contributed by atoms with van der Waals surface area (Å²) in [5, 5.41) is -0.676. The highest BCUT2D eigenvalue weighted by Gasteiger charge is 2.74. The van der Waals surface area contributed by atoms with Gasteiger partial charge in [-0.05, 0) is 18.4 Å². The molecule has 2 fully saturated rings. The lowest BCUT2D eigenvalue weighted by Crippen LogP contribution is -2.75. The second-order valence-corrected chi connectivity index (χ2v) is 10.7. The van der Waals surface area contributed by atoms with Gasteiger partial charge in [-0.1, -0.05) is 30.3 Å². The molecule has 2 aliphatic heterocycles. The minimum absolute atomic E-state index is 0.0455. The van der Waals surface area contributed by atoms with Gasteiger partial charge in [-0.3, -0.25) is 0 Å². The van der Waals surface area contributed by atoms with Crippen molar-refractivity contribution >= 4 is 19.7 Å². The van der Waals surface area contributed by atoms with Crippen molar-refractivity contribution in [2.45, 2.75) is 34.7 Å². The molecule has 0 amide bonds. The number of ether oxygens (including phenoxy) is 1. The Labute approximate surface area is 125 Å². The molecule has 5 nitrogen and oxygen atoms in total. The Morgan fingerprint density at radius 2 is 1.95 bits per heavy atom. The Kier molecular flexibility index (Phi) is 3.42. The van der Waals surface area contributed by atoms with Crippen LogP contribution in [0.5, 0.6) is 0 Å². The molecule has 2 heterocycles. The smallest absolute Gasteiger partial charge is 0.204 e. The van der Waals surface area contributed by atoms with Crippen molar-refractivity contribution in [1.29, 1.82) is 0 Å². The molecule has 1 aromatic carbocycles. The van der Waals surface area contributed by atoms with Gasteiger partial charge in [-0.25, -0.2) is 16.8 Å². The van der Waals surface area contributed by atoms with E-state index < -0.39 is 35.1 Å². The van der Waals surface area contributed by atoms with E-state index >= 15 is 0 Å². The van der Waals surface area contributed by atoms with Crippen molar-refractivity contribution in [2.24, 2.45) is 0 Å². The Hall–Kier alpha value is -0.920. The van der Waals surface area contributed by atoms with Gasteiger partial charge in [0.2, 0.25) is 4.08 Å². The third-order valence-electron chi connectivity index (χ3n) is 4.50. The molecule has 0 N–H and O–H groups in total. The molecular weight excluding hydrogens is 312 g/mol. The Bertz CT molecular complexity index is 739. The number of hydrogen-bond acceptors (Lipinski definition) is 5. The topological polar surface area (TPSA) is 77.5 Å². The molecular formula is C14H18O5S2. The first-order chi connectivity index (χ1) is 9.81. The van der Waals surface area contributed by atoms with E-state index in [1.54, 1.807) is 24.3 Å². The second kappa shape index (κ2) is 4.79. The first-order valence-electron chi connectivity index (χ1n) is 6.89. The summed E-state index contributed by atoms with van der Waals surface area (Å²) in [5.41, 5.74) is 0.694. The van der Waals surface area contributed by atoms with Crippen LogP contribution in [-0.2, 0) is 30.8 Å². The molecule has 2 aliphatic rings. The highest BCUT2D eigenvalue weighted by Crippen LogP contribution is 2.51. The van der Waals surface area contributed by atoms with Crippen LogP contribution >= 0.6 is 0 Å². The maximum atomic E-state index is 12.7. The summed E-state index contributed by atoms with van der Waals surface area (Å²) in [6, 6.07) is 8.86. The fourth-order valence-electron chi connectivity index (χ4n) is 3.46. The monoisotopic (exact) mass is 330 g/mol. The van der Waals surface area contributed by atoms with Gasteiger partial charge in [0.25, 0.3) is 0 Å². The number of sulfone groups is 2. The maximum Gasteiger partial charge on any atom is 0.204 e. The van der Waals surface area contributed by atoms with Crippen LogP contribution in [0.15, 0.2) is 30.3 Å². The van der Waals surface area contributed by atoms with Crippen LogP contribution in [0.3, 0.4) is 0 Å². The van der Waals surface area contributed by atoms with E-state index in [1.165, 1.54) is 0 Å². The number of fused-ring (bicyclic) bond motifs is 1. The van der Waals surface area contributed by atoms with E-state index in [9.17, 15) is 16.8 Å². The van der Waals surface area contributed by atoms with Gasteiger partial charge in [0.15, 0.2) is 19.7 Å². The molecule has 21 heavy (non-hydrogen) atoms. The molecule has 0 radical (unpaired) electrons. The number of hydrogen-bond donors (Lipinski definition) is 0. The fourth-order valence-corrected chi connectivity index (χ4v) is 9.01. The first kappa shape index (κ1) is 15.0. The van der Waals surface area contributed by atoms with E-state index in [2.05, 4.69) is 0 Å². The van der Waals surface area contributed by atoms with Crippen molar-refractivity contribution in [1.82, 2.24) is 0 Å². The molecule has 0 bridgehead atoms. The second-order valence-electron chi connectivity index (χ2n) is 5.76. The quantitative estimate of drug-likeness (QED) is 0.824. The van der Waals surface area contributed by atoms with Crippen LogP contribution in [0.1, 0.15) is 18.4 Å².